The Hall–Kier alpha value is -1.95. The van der Waals surface area contributed by atoms with Crippen LogP contribution in [0.1, 0.15) is 16.7 Å². The molecule has 0 fully saturated rings. The van der Waals surface area contributed by atoms with Gasteiger partial charge in [0, 0.05) is 41.1 Å². The number of nitrogens with one attached hydrogen (secondary N) is 1. The van der Waals surface area contributed by atoms with Gasteiger partial charge in [-0.15, -0.1) is 0 Å². The molecule has 1 N–H and O–H groups in total. The summed E-state index contributed by atoms with van der Waals surface area (Å²) in [6.45, 7) is 1.59. The maximum Gasteiger partial charge on any atom is 0.129 e. The Kier molecular flexibility index (Phi) is 8.04. The summed E-state index contributed by atoms with van der Waals surface area (Å²) in [6.07, 6.45) is 3.55. The standard InChI is InChI=1S/C20H18BrFN2O.ClH/c21-18-5-6-20(25-14-16-3-1-2-4-19(16)22)17(11-18)13-24-12-15-7-9-23-10-8-15;/h1-11,24H,12-14H2;1H/p-1. The maximum absolute atomic E-state index is 13.7. The van der Waals surface area contributed by atoms with E-state index < -0.39 is 0 Å². The molecule has 0 radical (unpaired) electrons. The molecule has 0 aliphatic heterocycles. The van der Waals surface area contributed by atoms with Crippen molar-refractivity contribution in [2.75, 3.05) is 0 Å². The predicted molar refractivity (Wildman–Crippen MR) is 99.7 cm³/mol. The van der Waals surface area contributed by atoms with Crippen molar-refractivity contribution in [3.63, 3.8) is 0 Å². The Labute approximate surface area is 167 Å². The molecule has 136 valence electrons. The molecule has 3 nitrogen and oxygen atoms in total. The van der Waals surface area contributed by atoms with E-state index in [4.69, 9.17) is 4.74 Å². The zero-order valence-corrected chi connectivity index (χ0v) is 16.3. The lowest BCUT2D eigenvalue weighted by Gasteiger charge is -2.13. The molecule has 0 saturated heterocycles. The predicted octanol–water partition coefficient (Wildman–Crippen LogP) is 1.86. The van der Waals surface area contributed by atoms with E-state index in [-0.39, 0.29) is 24.8 Å². The second kappa shape index (κ2) is 10.3. The van der Waals surface area contributed by atoms with Gasteiger partial charge in [0.05, 0.1) is 0 Å². The number of rotatable bonds is 7. The highest BCUT2D eigenvalue weighted by atomic mass is 79.9. The van der Waals surface area contributed by atoms with Crippen molar-refractivity contribution in [3.05, 3.63) is 94.0 Å². The summed E-state index contributed by atoms with van der Waals surface area (Å²) in [4.78, 5) is 4.01. The smallest absolute Gasteiger partial charge is 0.129 e. The number of aromatic nitrogens is 1. The number of nitrogens with zero attached hydrogens (tertiary/aromatic N) is 1. The third kappa shape index (κ3) is 5.80. The molecule has 3 rings (SSSR count). The lowest BCUT2D eigenvalue weighted by atomic mass is 10.2. The molecule has 6 heteroatoms. The molecule has 0 aliphatic carbocycles. The molecular formula is C20H18BrClFN2O-. The van der Waals surface area contributed by atoms with E-state index in [1.165, 1.54) is 11.6 Å². The van der Waals surface area contributed by atoms with Gasteiger partial charge in [0.15, 0.2) is 0 Å². The minimum Gasteiger partial charge on any atom is -1.00 e. The van der Waals surface area contributed by atoms with Crippen LogP contribution in [0, 0.1) is 5.82 Å². The lowest BCUT2D eigenvalue weighted by Crippen LogP contribution is -3.00. The van der Waals surface area contributed by atoms with Gasteiger partial charge >= 0.3 is 0 Å². The van der Waals surface area contributed by atoms with Gasteiger partial charge in [0.2, 0.25) is 0 Å². The van der Waals surface area contributed by atoms with Crippen molar-refractivity contribution in [3.8, 4) is 5.75 Å². The van der Waals surface area contributed by atoms with Gasteiger partial charge in [-0.1, -0.05) is 34.1 Å². The van der Waals surface area contributed by atoms with Crippen molar-refractivity contribution in [1.29, 1.82) is 0 Å². The molecule has 0 amide bonds. The molecule has 3 aromatic rings. The number of ether oxygens (including phenoxy) is 1. The summed E-state index contributed by atoms with van der Waals surface area (Å²) < 4.78 is 20.6. The highest BCUT2D eigenvalue weighted by molar-refractivity contribution is 9.10. The fourth-order valence-corrected chi connectivity index (χ4v) is 2.85. The Morgan fingerprint density at radius 3 is 2.50 bits per heavy atom. The molecule has 1 heterocycles. The van der Waals surface area contributed by atoms with Crippen LogP contribution in [0.25, 0.3) is 0 Å². The average Bonchev–Trinajstić information content (AvgIpc) is 2.63. The summed E-state index contributed by atoms with van der Waals surface area (Å²) in [5.41, 5.74) is 2.72. The quantitative estimate of drug-likeness (QED) is 0.614. The number of halogens is 3. The van der Waals surface area contributed by atoms with Crippen molar-refractivity contribution in [2.24, 2.45) is 0 Å². The number of hydrogen-bond acceptors (Lipinski definition) is 3. The SMILES string of the molecule is Fc1ccccc1COc1ccc(Br)cc1CNCc1ccncc1.[Cl-]. The van der Waals surface area contributed by atoms with Crippen LogP contribution in [0.3, 0.4) is 0 Å². The van der Waals surface area contributed by atoms with Gasteiger partial charge in [0.25, 0.3) is 0 Å². The van der Waals surface area contributed by atoms with E-state index >= 15 is 0 Å². The molecule has 0 bridgehead atoms. The second-order valence-electron chi connectivity index (χ2n) is 5.59. The fourth-order valence-electron chi connectivity index (χ4n) is 2.44. The lowest BCUT2D eigenvalue weighted by molar-refractivity contribution is -0.00000595. The first-order chi connectivity index (χ1) is 12.2. The molecule has 0 atom stereocenters. The van der Waals surface area contributed by atoms with E-state index in [1.807, 2.05) is 30.3 Å². The third-order valence-electron chi connectivity index (χ3n) is 3.76. The Morgan fingerprint density at radius 2 is 1.73 bits per heavy atom. The molecule has 1 aromatic heterocycles. The zero-order valence-electron chi connectivity index (χ0n) is 14.0. The van der Waals surface area contributed by atoms with E-state index in [9.17, 15) is 4.39 Å². The first-order valence-corrected chi connectivity index (χ1v) is 8.76. The zero-order chi connectivity index (χ0) is 17.5. The molecule has 0 aliphatic rings. The van der Waals surface area contributed by atoms with E-state index in [1.54, 1.807) is 30.6 Å². The van der Waals surface area contributed by atoms with Gasteiger partial charge in [-0.2, -0.15) is 0 Å². The largest absolute Gasteiger partial charge is 1.00 e. The molecule has 26 heavy (non-hydrogen) atoms. The molecule has 0 unspecified atom stereocenters. The van der Waals surface area contributed by atoms with Crippen LogP contribution in [0.4, 0.5) is 4.39 Å². The molecule has 0 spiro atoms. The van der Waals surface area contributed by atoms with Crippen LogP contribution >= 0.6 is 15.9 Å². The summed E-state index contributed by atoms with van der Waals surface area (Å²) in [5.74, 6) is 0.491. The van der Waals surface area contributed by atoms with E-state index in [0.717, 1.165) is 22.3 Å². The van der Waals surface area contributed by atoms with E-state index in [2.05, 4.69) is 26.2 Å². The van der Waals surface area contributed by atoms with Gasteiger partial charge in [-0.25, -0.2) is 4.39 Å². The number of pyridine rings is 1. The third-order valence-corrected chi connectivity index (χ3v) is 4.25. The monoisotopic (exact) mass is 435 g/mol. The second-order valence-corrected chi connectivity index (χ2v) is 6.51. The van der Waals surface area contributed by atoms with Crippen molar-refractivity contribution < 1.29 is 21.5 Å². The first-order valence-electron chi connectivity index (χ1n) is 7.96. The molecular weight excluding hydrogens is 419 g/mol. The van der Waals surface area contributed by atoms with E-state index in [0.29, 0.717) is 12.1 Å². The van der Waals surface area contributed by atoms with Gasteiger partial charge in [-0.05, 0) is 42.0 Å². The van der Waals surface area contributed by atoms with Crippen molar-refractivity contribution in [2.45, 2.75) is 19.7 Å². The van der Waals surface area contributed by atoms with Crippen LogP contribution in [-0.2, 0) is 19.7 Å². The van der Waals surface area contributed by atoms with Crippen LogP contribution in [0.2, 0.25) is 0 Å². The highest BCUT2D eigenvalue weighted by Crippen LogP contribution is 2.24. The van der Waals surface area contributed by atoms with Gasteiger partial charge in [-0.3, -0.25) is 4.98 Å². The van der Waals surface area contributed by atoms with Crippen molar-refractivity contribution in [1.82, 2.24) is 10.3 Å². The Balaban J connectivity index is 0.00000243. The van der Waals surface area contributed by atoms with Crippen LogP contribution < -0.4 is 22.5 Å². The summed E-state index contributed by atoms with van der Waals surface area (Å²) >= 11 is 3.49. The molecule has 0 saturated carbocycles. The summed E-state index contributed by atoms with van der Waals surface area (Å²) in [5, 5.41) is 3.39. The Bertz CT molecular complexity index is 833. The minimum atomic E-state index is -0.253. The number of hydrogen-bond donors (Lipinski definition) is 1. The maximum atomic E-state index is 13.7. The summed E-state index contributed by atoms with van der Waals surface area (Å²) in [7, 11) is 0. The fraction of sp³-hybridized carbons (Fsp3) is 0.150. The minimum absolute atomic E-state index is 0. The van der Waals surface area contributed by atoms with Crippen LogP contribution in [0.15, 0.2) is 71.5 Å². The van der Waals surface area contributed by atoms with Gasteiger partial charge < -0.3 is 22.5 Å². The van der Waals surface area contributed by atoms with Crippen LogP contribution in [-0.4, -0.2) is 4.98 Å². The number of benzene rings is 2. The van der Waals surface area contributed by atoms with Crippen molar-refractivity contribution >= 4 is 15.9 Å². The first kappa shape index (κ1) is 20.4. The topological polar surface area (TPSA) is 34.1 Å². The van der Waals surface area contributed by atoms with Crippen LogP contribution in [0.5, 0.6) is 5.75 Å². The Morgan fingerprint density at radius 1 is 0.962 bits per heavy atom. The highest BCUT2D eigenvalue weighted by Gasteiger charge is 2.07. The molecule has 2 aromatic carbocycles. The summed E-state index contributed by atoms with van der Waals surface area (Å²) in [6, 6.07) is 16.4. The average molecular weight is 437 g/mol. The van der Waals surface area contributed by atoms with Gasteiger partial charge in [0.1, 0.15) is 18.2 Å². The normalized spacial score (nSPS) is 10.2.